The molecule has 0 unspecified atom stereocenters. The molecule has 1 aromatic heterocycles. The largest absolute Gasteiger partial charge is 0.330 e. The monoisotopic (exact) mass is 277 g/mol. The smallest absolute Gasteiger partial charge is 0.246 e. The molecule has 1 saturated carbocycles. The molecule has 1 aliphatic rings. The van der Waals surface area contributed by atoms with Crippen LogP contribution in [0, 0.1) is 6.92 Å². The van der Waals surface area contributed by atoms with Crippen LogP contribution in [0.5, 0.6) is 0 Å². The zero-order valence-corrected chi connectivity index (χ0v) is 11.8. The predicted octanol–water partition coefficient (Wildman–Crippen LogP) is 0.894. The van der Waals surface area contributed by atoms with Gasteiger partial charge in [-0.2, -0.15) is 0 Å². The minimum atomic E-state index is -0.281. The van der Waals surface area contributed by atoms with Crippen molar-refractivity contribution in [2.24, 2.45) is 0 Å². The number of likely N-dealkylation sites (N-methyl/N-ethyl adjacent to an activating group) is 1. The first-order valence-electron chi connectivity index (χ1n) is 6.69. The second-order valence-corrected chi connectivity index (χ2v) is 4.78. The number of rotatable bonds is 6. The average Bonchev–Trinajstić information content (AvgIpc) is 3.20. The van der Waals surface area contributed by atoms with Gasteiger partial charge < -0.3 is 4.90 Å². The van der Waals surface area contributed by atoms with E-state index < -0.39 is 0 Å². The van der Waals surface area contributed by atoms with Gasteiger partial charge in [0.15, 0.2) is 0 Å². The highest BCUT2D eigenvalue weighted by molar-refractivity contribution is 5.95. The van der Waals surface area contributed by atoms with E-state index in [2.05, 4.69) is 22.1 Å². The number of hydrogen-bond acceptors (Lipinski definition) is 4. The Kier molecular flexibility index (Phi) is 4.16. The second-order valence-electron chi connectivity index (χ2n) is 4.78. The van der Waals surface area contributed by atoms with Gasteiger partial charge >= 0.3 is 0 Å². The van der Waals surface area contributed by atoms with E-state index in [0.29, 0.717) is 18.5 Å². The van der Waals surface area contributed by atoms with E-state index in [1.165, 1.54) is 11.0 Å². The number of hydrogen-bond donors (Lipinski definition) is 1. The lowest BCUT2D eigenvalue weighted by Crippen LogP contribution is -2.37. The van der Waals surface area contributed by atoms with Gasteiger partial charge in [-0.05, 0) is 32.8 Å². The molecule has 0 atom stereocenters. The third-order valence-electron chi connectivity index (χ3n) is 3.23. The Balaban J connectivity index is 2.01. The zero-order chi connectivity index (χ0) is 14.7. The van der Waals surface area contributed by atoms with Crippen molar-refractivity contribution < 1.29 is 9.59 Å². The average molecular weight is 277 g/mol. The first kappa shape index (κ1) is 14.2. The van der Waals surface area contributed by atoms with E-state index in [4.69, 9.17) is 0 Å². The molecule has 1 N–H and O–H groups in total. The fourth-order valence-electron chi connectivity index (χ4n) is 2.04. The van der Waals surface area contributed by atoms with Crippen molar-refractivity contribution in [2.75, 3.05) is 18.4 Å². The van der Waals surface area contributed by atoms with Crippen molar-refractivity contribution in [1.82, 2.24) is 19.7 Å². The first-order chi connectivity index (χ1) is 9.56. The molecule has 20 heavy (non-hydrogen) atoms. The van der Waals surface area contributed by atoms with Gasteiger partial charge in [-0.25, -0.2) is 0 Å². The maximum Gasteiger partial charge on any atom is 0.246 e. The summed E-state index contributed by atoms with van der Waals surface area (Å²) < 4.78 is 1.93. The molecule has 0 bridgehead atoms. The van der Waals surface area contributed by atoms with Crippen LogP contribution in [0.1, 0.15) is 31.6 Å². The maximum atomic E-state index is 12.0. The minimum absolute atomic E-state index is 0.0159. The number of carbonyl (C=O) groups excluding carboxylic acids is 2. The van der Waals surface area contributed by atoms with Gasteiger partial charge in [-0.15, -0.1) is 10.2 Å². The van der Waals surface area contributed by atoms with E-state index >= 15 is 0 Å². The van der Waals surface area contributed by atoms with E-state index in [9.17, 15) is 9.59 Å². The van der Waals surface area contributed by atoms with Crippen LogP contribution in [0.2, 0.25) is 0 Å². The molecule has 1 aromatic rings. The lowest BCUT2D eigenvalue weighted by atomic mass is 10.4. The first-order valence-corrected chi connectivity index (χ1v) is 6.69. The molecular weight excluding hydrogens is 258 g/mol. The van der Waals surface area contributed by atoms with Gasteiger partial charge in [0, 0.05) is 12.6 Å². The molecule has 7 heteroatoms. The van der Waals surface area contributed by atoms with Crippen LogP contribution in [0.25, 0.3) is 0 Å². The third-order valence-corrected chi connectivity index (χ3v) is 3.23. The number of amides is 2. The van der Waals surface area contributed by atoms with Crippen LogP contribution in [-0.4, -0.2) is 44.6 Å². The lowest BCUT2D eigenvalue weighted by Gasteiger charge is -2.18. The number of carbonyl (C=O) groups is 2. The molecule has 7 nitrogen and oxygen atoms in total. The number of aryl methyl sites for hydroxylation is 1. The van der Waals surface area contributed by atoms with Gasteiger partial charge in [-0.1, -0.05) is 6.58 Å². The van der Waals surface area contributed by atoms with Crippen LogP contribution in [0.4, 0.5) is 5.95 Å². The summed E-state index contributed by atoms with van der Waals surface area (Å²) in [7, 11) is 0. The summed E-state index contributed by atoms with van der Waals surface area (Å²) in [5.74, 6) is 0.702. The minimum Gasteiger partial charge on any atom is -0.330 e. The standard InChI is InChI=1S/C13H19N5O2/c1-4-12(20)17(5-2)8-11(19)14-13-16-15-9(3)18(13)10-6-7-10/h4,10H,1,5-8H2,2-3H3,(H,14,16,19). The normalized spacial score (nSPS) is 13.9. The molecule has 0 radical (unpaired) electrons. The number of anilines is 1. The summed E-state index contributed by atoms with van der Waals surface area (Å²) in [5, 5.41) is 10.7. The van der Waals surface area contributed by atoms with Gasteiger partial charge in [0.25, 0.3) is 0 Å². The van der Waals surface area contributed by atoms with Crippen molar-refractivity contribution in [2.45, 2.75) is 32.7 Å². The molecule has 0 spiro atoms. The maximum absolute atomic E-state index is 12.0. The van der Waals surface area contributed by atoms with Crippen LogP contribution in [0.3, 0.4) is 0 Å². The summed E-state index contributed by atoms with van der Waals surface area (Å²) in [6.45, 7) is 7.53. The zero-order valence-electron chi connectivity index (χ0n) is 11.8. The predicted molar refractivity (Wildman–Crippen MR) is 74.1 cm³/mol. The molecule has 0 aliphatic heterocycles. The van der Waals surface area contributed by atoms with Crippen LogP contribution >= 0.6 is 0 Å². The highest BCUT2D eigenvalue weighted by atomic mass is 16.2. The Morgan fingerprint density at radius 1 is 1.50 bits per heavy atom. The lowest BCUT2D eigenvalue weighted by molar-refractivity contribution is -0.130. The molecule has 1 heterocycles. The second kappa shape index (κ2) is 5.85. The van der Waals surface area contributed by atoms with Crippen molar-refractivity contribution in [3.8, 4) is 0 Å². The van der Waals surface area contributed by atoms with Gasteiger partial charge in [-0.3, -0.25) is 19.5 Å². The van der Waals surface area contributed by atoms with E-state index in [1.807, 2.05) is 18.4 Å². The third kappa shape index (κ3) is 3.04. The molecule has 1 fully saturated rings. The Morgan fingerprint density at radius 3 is 2.75 bits per heavy atom. The fourth-order valence-corrected chi connectivity index (χ4v) is 2.04. The topological polar surface area (TPSA) is 80.1 Å². The molecule has 2 amide bonds. The van der Waals surface area contributed by atoms with Crippen molar-refractivity contribution in [3.63, 3.8) is 0 Å². The summed E-state index contributed by atoms with van der Waals surface area (Å²) in [6.07, 6.45) is 3.36. The number of nitrogens with zero attached hydrogens (tertiary/aromatic N) is 4. The Morgan fingerprint density at radius 2 is 2.20 bits per heavy atom. The summed E-state index contributed by atoms with van der Waals surface area (Å²) in [5.41, 5.74) is 0. The van der Waals surface area contributed by atoms with Gasteiger partial charge in [0.1, 0.15) is 12.4 Å². The van der Waals surface area contributed by atoms with Crippen molar-refractivity contribution >= 4 is 17.8 Å². The molecule has 108 valence electrons. The molecule has 1 aliphatic carbocycles. The van der Waals surface area contributed by atoms with Crippen LogP contribution < -0.4 is 5.32 Å². The van der Waals surface area contributed by atoms with E-state index in [-0.39, 0.29) is 18.4 Å². The Labute approximate surface area is 117 Å². The highest BCUT2D eigenvalue weighted by Crippen LogP contribution is 2.37. The number of aromatic nitrogens is 3. The molecule has 0 aromatic carbocycles. The summed E-state index contributed by atoms with van der Waals surface area (Å²) in [4.78, 5) is 24.9. The van der Waals surface area contributed by atoms with Gasteiger partial charge in [0.2, 0.25) is 17.8 Å². The molecular formula is C13H19N5O2. The summed E-state index contributed by atoms with van der Waals surface area (Å²) >= 11 is 0. The van der Waals surface area contributed by atoms with Gasteiger partial charge in [0.05, 0.1) is 0 Å². The van der Waals surface area contributed by atoms with Crippen LogP contribution in [0.15, 0.2) is 12.7 Å². The van der Waals surface area contributed by atoms with E-state index in [0.717, 1.165) is 18.7 Å². The van der Waals surface area contributed by atoms with E-state index in [1.54, 1.807) is 0 Å². The number of nitrogens with one attached hydrogen (secondary N) is 1. The Bertz CT molecular complexity index is 533. The van der Waals surface area contributed by atoms with Crippen molar-refractivity contribution in [3.05, 3.63) is 18.5 Å². The Hall–Kier alpha value is -2.18. The SMILES string of the molecule is C=CC(=O)N(CC)CC(=O)Nc1nnc(C)n1C1CC1. The molecule has 0 saturated heterocycles. The summed E-state index contributed by atoms with van der Waals surface area (Å²) in [6, 6.07) is 0.386. The quantitative estimate of drug-likeness (QED) is 0.783. The van der Waals surface area contributed by atoms with Crippen molar-refractivity contribution in [1.29, 1.82) is 0 Å². The fraction of sp³-hybridized carbons (Fsp3) is 0.538. The highest BCUT2D eigenvalue weighted by Gasteiger charge is 2.29. The molecule has 2 rings (SSSR count). The van der Waals surface area contributed by atoms with Crippen LogP contribution in [-0.2, 0) is 9.59 Å².